The molecule has 0 N–H and O–H groups in total. The number of allylic oxidation sites excluding steroid dienone is 2. The van der Waals surface area contributed by atoms with Gasteiger partial charge in [0.1, 0.15) is 5.78 Å². The number of Topliss-reactive ketones (excluding diaryl/α,β-unsaturated/α-hetero) is 1. The van der Waals surface area contributed by atoms with Crippen molar-refractivity contribution >= 4 is 5.78 Å². The number of aromatic nitrogens is 1. The molecule has 0 bridgehead atoms. The van der Waals surface area contributed by atoms with Crippen molar-refractivity contribution in [2.75, 3.05) is 0 Å². The smallest absolute Gasteiger partial charge is 0.375 e. The van der Waals surface area contributed by atoms with E-state index < -0.39 is 5.82 Å². The Hall–Kier alpha value is -1.65. The third-order valence-electron chi connectivity index (χ3n) is 3.40. The van der Waals surface area contributed by atoms with Gasteiger partial charge in [0.2, 0.25) is 5.89 Å². The van der Waals surface area contributed by atoms with Crippen LogP contribution in [-0.2, 0) is 11.2 Å². The molecule has 1 saturated carbocycles. The zero-order valence-electron chi connectivity index (χ0n) is 10.4. The lowest BCUT2D eigenvalue weighted by Gasteiger charge is -2.14. The summed E-state index contributed by atoms with van der Waals surface area (Å²) in [6.45, 7) is 2.06. The molecule has 0 radical (unpaired) electrons. The van der Waals surface area contributed by atoms with Crippen molar-refractivity contribution in [3.05, 3.63) is 28.7 Å². The van der Waals surface area contributed by atoms with Gasteiger partial charge in [-0.2, -0.15) is 0 Å². The van der Waals surface area contributed by atoms with Crippen molar-refractivity contribution in [3.63, 3.8) is 0 Å². The minimum Gasteiger partial charge on any atom is -0.375 e. The molecule has 1 fully saturated rings. The summed E-state index contributed by atoms with van der Waals surface area (Å²) in [5.74, 6) is 0.0366. The second kappa shape index (κ2) is 5.80. The van der Waals surface area contributed by atoms with Gasteiger partial charge in [0, 0.05) is 18.8 Å². The van der Waals surface area contributed by atoms with Gasteiger partial charge in [-0.3, -0.25) is 9.32 Å². The predicted octanol–water partition coefficient (Wildman–Crippen LogP) is 2.12. The number of rotatable bonds is 5. The zero-order chi connectivity index (χ0) is 13.0. The van der Waals surface area contributed by atoms with Gasteiger partial charge in [-0.15, -0.1) is 0 Å². The first-order valence-corrected chi connectivity index (χ1v) is 6.34. The highest BCUT2D eigenvalue weighted by atomic mass is 16.6. The van der Waals surface area contributed by atoms with Crippen LogP contribution in [0.1, 0.15) is 38.5 Å². The van der Waals surface area contributed by atoms with Gasteiger partial charge in [-0.1, -0.05) is 19.1 Å². The molecule has 2 atom stereocenters. The molecule has 2 unspecified atom stereocenters. The monoisotopic (exact) mass is 251 g/mol. The Morgan fingerprint density at radius 2 is 2.22 bits per heavy atom. The molecular formula is C13H17NO4. The van der Waals surface area contributed by atoms with Gasteiger partial charge in [0.25, 0.3) is 0 Å². The molecule has 1 aliphatic rings. The topological polar surface area (TPSA) is 73.3 Å². The van der Waals surface area contributed by atoms with E-state index in [2.05, 4.69) is 28.8 Å². The summed E-state index contributed by atoms with van der Waals surface area (Å²) in [4.78, 5) is 22.6. The van der Waals surface area contributed by atoms with Gasteiger partial charge < -0.3 is 4.42 Å². The van der Waals surface area contributed by atoms with Crippen molar-refractivity contribution in [2.45, 2.75) is 39.0 Å². The fraction of sp³-hybridized carbons (Fsp3) is 0.615. The fourth-order valence-electron chi connectivity index (χ4n) is 2.48. The van der Waals surface area contributed by atoms with Crippen LogP contribution in [0.25, 0.3) is 0 Å². The summed E-state index contributed by atoms with van der Waals surface area (Å²) in [5.41, 5.74) is 0. The van der Waals surface area contributed by atoms with E-state index in [9.17, 15) is 9.59 Å². The third-order valence-corrected chi connectivity index (χ3v) is 3.40. The molecule has 1 aromatic heterocycles. The molecule has 0 aromatic carbocycles. The Morgan fingerprint density at radius 1 is 1.39 bits per heavy atom. The normalized spacial score (nSPS) is 24.2. The zero-order valence-corrected chi connectivity index (χ0v) is 10.4. The summed E-state index contributed by atoms with van der Waals surface area (Å²) >= 11 is 0. The lowest BCUT2D eigenvalue weighted by molar-refractivity contribution is -0.121. The fourth-order valence-corrected chi connectivity index (χ4v) is 2.48. The van der Waals surface area contributed by atoms with Crippen molar-refractivity contribution < 1.29 is 13.7 Å². The van der Waals surface area contributed by atoms with E-state index in [1.807, 2.05) is 0 Å². The number of ketones is 1. The largest absolute Gasteiger partial charge is 0.542 e. The Balaban J connectivity index is 2.00. The van der Waals surface area contributed by atoms with E-state index in [0.29, 0.717) is 24.5 Å². The molecule has 1 heterocycles. The predicted molar refractivity (Wildman–Crippen MR) is 64.0 cm³/mol. The highest BCUT2D eigenvalue weighted by Gasteiger charge is 2.34. The molecule has 1 aliphatic carbocycles. The van der Waals surface area contributed by atoms with E-state index in [4.69, 9.17) is 4.42 Å². The van der Waals surface area contributed by atoms with Crippen molar-refractivity contribution in [1.82, 2.24) is 5.16 Å². The van der Waals surface area contributed by atoms with E-state index in [-0.39, 0.29) is 11.8 Å². The average Bonchev–Trinajstić information content (AvgIpc) is 2.89. The second-order valence-corrected chi connectivity index (χ2v) is 4.62. The maximum Gasteiger partial charge on any atom is 0.542 e. The van der Waals surface area contributed by atoms with Crippen LogP contribution in [0.4, 0.5) is 0 Å². The average molecular weight is 251 g/mol. The molecule has 98 valence electrons. The first-order chi connectivity index (χ1) is 8.70. The molecule has 0 saturated heterocycles. The minimum absolute atomic E-state index is 0.0230. The lowest BCUT2D eigenvalue weighted by atomic mass is 9.89. The Labute approximate surface area is 105 Å². The summed E-state index contributed by atoms with van der Waals surface area (Å²) in [6.07, 6.45) is 7.81. The Morgan fingerprint density at radius 3 is 2.89 bits per heavy atom. The third kappa shape index (κ3) is 2.97. The van der Waals surface area contributed by atoms with Crippen LogP contribution in [0, 0.1) is 11.8 Å². The maximum atomic E-state index is 11.8. The van der Waals surface area contributed by atoms with E-state index in [1.54, 1.807) is 0 Å². The van der Waals surface area contributed by atoms with E-state index in [0.717, 1.165) is 19.3 Å². The first-order valence-electron chi connectivity index (χ1n) is 6.34. The number of nitrogens with zero attached hydrogens (tertiary/aromatic N) is 1. The molecule has 0 amide bonds. The van der Waals surface area contributed by atoms with Gasteiger partial charge in [0.15, 0.2) is 0 Å². The highest BCUT2D eigenvalue weighted by molar-refractivity contribution is 5.83. The van der Waals surface area contributed by atoms with E-state index >= 15 is 0 Å². The molecule has 0 aliphatic heterocycles. The standard InChI is InChI=1S/C13H17NO4/c1-2-3-4-5-10-9(6-7-11(10)15)8-12-14-18-13(16)17-12/h3-4,9-10H,2,5-8H2,1H3/b4-3-. The van der Waals surface area contributed by atoms with Gasteiger partial charge >= 0.3 is 5.82 Å². The van der Waals surface area contributed by atoms with Gasteiger partial charge in [-0.25, -0.2) is 4.79 Å². The minimum atomic E-state index is -0.781. The number of hydrogen-bond acceptors (Lipinski definition) is 5. The second-order valence-electron chi connectivity index (χ2n) is 4.62. The number of hydrogen-bond donors (Lipinski definition) is 0. The summed E-state index contributed by atoms with van der Waals surface area (Å²) < 4.78 is 9.16. The number of carbonyl (C=O) groups is 1. The quantitative estimate of drug-likeness (QED) is 0.749. The van der Waals surface area contributed by atoms with Gasteiger partial charge in [-0.05, 0) is 30.3 Å². The van der Waals surface area contributed by atoms with Crippen LogP contribution >= 0.6 is 0 Å². The first kappa shape index (κ1) is 12.8. The molecule has 18 heavy (non-hydrogen) atoms. The van der Waals surface area contributed by atoms with Crippen molar-refractivity contribution in [3.8, 4) is 0 Å². The summed E-state index contributed by atoms with van der Waals surface area (Å²) in [5, 5.41) is 3.55. The van der Waals surface area contributed by atoms with Crippen LogP contribution in [0.5, 0.6) is 0 Å². The SMILES string of the molecule is CC/C=C\CC1C(=O)CCC1Cc1noc(=O)o1. The highest BCUT2D eigenvalue weighted by Crippen LogP contribution is 2.33. The van der Waals surface area contributed by atoms with E-state index in [1.165, 1.54) is 0 Å². The van der Waals surface area contributed by atoms with Crippen molar-refractivity contribution in [2.24, 2.45) is 11.8 Å². The summed E-state index contributed by atoms with van der Waals surface area (Å²) in [6, 6.07) is 0. The molecule has 0 spiro atoms. The maximum absolute atomic E-state index is 11.8. The Kier molecular flexibility index (Phi) is 4.12. The molecular weight excluding hydrogens is 234 g/mol. The van der Waals surface area contributed by atoms with Crippen LogP contribution in [-0.4, -0.2) is 10.9 Å². The van der Waals surface area contributed by atoms with Crippen LogP contribution in [0.3, 0.4) is 0 Å². The van der Waals surface area contributed by atoms with Crippen LogP contribution in [0.2, 0.25) is 0 Å². The summed E-state index contributed by atoms with van der Waals surface area (Å²) in [7, 11) is 0. The molecule has 2 rings (SSSR count). The molecule has 5 heteroatoms. The Bertz CT molecular complexity index is 485. The molecule has 1 aromatic rings. The van der Waals surface area contributed by atoms with Crippen LogP contribution < -0.4 is 5.82 Å². The van der Waals surface area contributed by atoms with Crippen molar-refractivity contribution in [1.29, 1.82) is 0 Å². The number of carbonyl (C=O) groups excluding carboxylic acids is 1. The van der Waals surface area contributed by atoms with Crippen LogP contribution in [0.15, 0.2) is 25.9 Å². The lowest BCUT2D eigenvalue weighted by Crippen LogP contribution is -2.16. The molecule has 5 nitrogen and oxygen atoms in total. The van der Waals surface area contributed by atoms with Gasteiger partial charge in [0.05, 0.1) is 0 Å².